The highest BCUT2D eigenvalue weighted by Crippen LogP contribution is 2.22. The summed E-state index contributed by atoms with van der Waals surface area (Å²) in [5.41, 5.74) is 0. The lowest BCUT2D eigenvalue weighted by atomic mass is 10.8. The lowest BCUT2D eigenvalue weighted by Crippen LogP contribution is -2.28. The van der Waals surface area contributed by atoms with Gasteiger partial charge in [-0.25, -0.2) is 10.6 Å². The van der Waals surface area contributed by atoms with Gasteiger partial charge >= 0.3 is 6.09 Å². The molecular formula is C4H8N2O2S2. The molecule has 0 rings (SSSR count). The zero-order valence-corrected chi connectivity index (χ0v) is 6.82. The molecule has 0 saturated heterocycles. The van der Waals surface area contributed by atoms with E-state index in [-0.39, 0.29) is 0 Å². The Hall–Kier alpha value is -0.330. The summed E-state index contributed by atoms with van der Waals surface area (Å²) >= 11 is 0. The number of hydrazine groups is 1. The molecule has 0 atom stereocenters. The van der Waals surface area contributed by atoms with Crippen LogP contribution in [-0.2, 0) is 0 Å². The van der Waals surface area contributed by atoms with Gasteiger partial charge in [0.1, 0.15) is 0 Å². The topological polar surface area (TPSA) is 66.6 Å². The van der Waals surface area contributed by atoms with Crippen LogP contribution in [0.15, 0.2) is 12.7 Å². The molecule has 0 aliphatic carbocycles. The minimum Gasteiger partial charge on any atom is -0.463 e. The molecule has 0 saturated carbocycles. The summed E-state index contributed by atoms with van der Waals surface area (Å²) < 4.78 is 0.647. The summed E-state index contributed by atoms with van der Waals surface area (Å²) in [7, 11) is 2.27. The van der Waals surface area contributed by atoms with Crippen molar-refractivity contribution >= 4 is 27.9 Å². The van der Waals surface area contributed by atoms with Crippen molar-refractivity contribution in [3.05, 3.63) is 12.7 Å². The molecule has 0 unspecified atom stereocenters. The SMILES string of the molecule is C=CCSSN(N)C(=O)O. The Kier molecular flexibility index (Phi) is 5.27. The molecule has 0 aromatic rings. The van der Waals surface area contributed by atoms with Crippen LogP contribution in [0.3, 0.4) is 0 Å². The molecular weight excluding hydrogens is 172 g/mol. The quantitative estimate of drug-likeness (QED) is 0.130. The minimum absolute atomic E-state index is 0.647. The second-order valence-electron chi connectivity index (χ2n) is 1.26. The standard InChI is InChI=1S/C4H8N2O2S2/c1-2-3-9-10-6(5)4(7)8/h2H,1,3,5H2,(H,7,8). The molecule has 0 aromatic heterocycles. The smallest absolute Gasteiger partial charge is 0.432 e. The Bertz CT molecular complexity index is 130. The van der Waals surface area contributed by atoms with E-state index in [4.69, 9.17) is 10.9 Å². The molecule has 10 heavy (non-hydrogen) atoms. The number of carboxylic acid groups (broad SMARTS) is 1. The normalized spacial score (nSPS) is 8.90. The van der Waals surface area contributed by atoms with E-state index in [9.17, 15) is 4.79 Å². The Morgan fingerprint density at radius 2 is 2.50 bits per heavy atom. The van der Waals surface area contributed by atoms with Gasteiger partial charge in [-0.1, -0.05) is 16.9 Å². The van der Waals surface area contributed by atoms with E-state index in [0.717, 1.165) is 11.0 Å². The molecule has 0 heterocycles. The largest absolute Gasteiger partial charge is 0.463 e. The van der Waals surface area contributed by atoms with Crippen LogP contribution in [-0.4, -0.2) is 21.4 Å². The number of amides is 1. The van der Waals surface area contributed by atoms with E-state index in [1.54, 1.807) is 6.08 Å². The molecule has 0 bridgehead atoms. The van der Waals surface area contributed by atoms with Crippen LogP contribution in [0.4, 0.5) is 4.79 Å². The van der Waals surface area contributed by atoms with Crippen molar-refractivity contribution in [1.82, 2.24) is 4.41 Å². The van der Waals surface area contributed by atoms with Gasteiger partial charge in [0, 0.05) is 16.7 Å². The highest BCUT2D eigenvalue weighted by atomic mass is 33.1. The van der Waals surface area contributed by atoms with Gasteiger partial charge < -0.3 is 5.11 Å². The monoisotopic (exact) mass is 180 g/mol. The van der Waals surface area contributed by atoms with Crippen molar-refractivity contribution in [2.24, 2.45) is 5.84 Å². The average Bonchev–Trinajstić information content (AvgIpc) is 1.88. The fourth-order valence-corrected chi connectivity index (χ4v) is 1.50. The molecule has 3 N–H and O–H groups in total. The first-order chi connectivity index (χ1) is 4.68. The molecule has 6 heteroatoms. The highest BCUT2D eigenvalue weighted by molar-refractivity contribution is 8.75. The summed E-state index contributed by atoms with van der Waals surface area (Å²) in [5, 5.41) is 8.22. The van der Waals surface area contributed by atoms with Gasteiger partial charge in [-0.15, -0.1) is 6.58 Å². The molecule has 0 fully saturated rings. The third-order valence-electron chi connectivity index (χ3n) is 0.507. The maximum atomic E-state index is 10.0. The third-order valence-corrected chi connectivity index (χ3v) is 2.51. The number of hydrogen-bond donors (Lipinski definition) is 2. The maximum Gasteiger partial charge on any atom is 0.432 e. The summed E-state index contributed by atoms with van der Waals surface area (Å²) in [5.74, 6) is 5.67. The van der Waals surface area contributed by atoms with Crippen molar-refractivity contribution in [3.63, 3.8) is 0 Å². The molecule has 0 radical (unpaired) electrons. The molecule has 4 nitrogen and oxygen atoms in total. The maximum absolute atomic E-state index is 10.0. The van der Waals surface area contributed by atoms with E-state index in [2.05, 4.69) is 6.58 Å². The van der Waals surface area contributed by atoms with E-state index in [0.29, 0.717) is 10.2 Å². The summed E-state index contributed by atoms with van der Waals surface area (Å²) in [6.45, 7) is 3.46. The van der Waals surface area contributed by atoms with Crippen LogP contribution in [0.5, 0.6) is 0 Å². The Labute approximate surface area is 67.0 Å². The zero-order valence-electron chi connectivity index (χ0n) is 5.19. The number of nitrogens with two attached hydrogens (primary N) is 1. The van der Waals surface area contributed by atoms with Gasteiger partial charge in [0.25, 0.3) is 0 Å². The Morgan fingerprint density at radius 1 is 1.90 bits per heavy atom. The average molecular weight is 180 g/mol. The van der Waals surface area contributed by atoms with Crippen LogP contribution in [0.25, 0.3) is 0 Å². The fourth-order valence-electron chi connectivity index (χ4n) is 0.167. The van der Waals surface area contributed by atoms with Gasteiger partial charge in [0.05, 0.1) is 0 Å². The zero-order chi connectivity index (χ0) is 7.98. The van der Waals surface area contributed by atoms with Crippen molar-refractivity contribution in [3.8, 4) is 0 Å². The molecule has 0 aliphatic rings. The minimum atomic E-state index is -1.15. The van der Waals surface area contributed by atoms with E-state index < -0.39 is 6.09 Å². The number of nitrogens with zero attached hydrogens (tertiary/aromatic N) is 1. The van der Waals surface area contributed by atoms with Crippen LogP contribution >= 0.6 is 21.8 Å². The fraction of sp³-hybridized carbons (Fsp3) is 0.250. The second kappa shape index (κ2) is 5.45. The summed E-state index contributed by atoms with van der Waals surface area (Å²) in [4.78, 5) is 10.0. The van der Waals surface area contributed by atoms with E-state index in [1.165, 1.54) is 10.8 Å². The molecule has 0 spiro atoms. The summed E-state index contributed by atoms with van der Waals surface area (Å²) in [6, 6.07) is 0. The molecule has 0 aliphatic heterocycles. The first kappa shape index (κ1) is 9.67. The second-order valence-corrected chi connectivity index (χ2v) is 3.52. The third kappa shape index (κ3) is 4.54. The van der Waals surface area contributed by atoms with Crippen LogP contribution in [0.1, 0.15) is 0 Å². The first-order valence-electron chi connectivity index (χ1n) is 2.36. The highest BCUT2D eigenvalue weighted by Gasteiger charge is 2.05. The van der Waals surface area contributed by atoms with E-state index >= 15 is 0 Å². The predicted molar refractivity (Wildman–Crippen MR) is 44.3 cm³/mol. The lowest BCUT2D eigenvalue weighted by molar-refractivity contribution is 0.176. The van der Waals surface area contributed by atoms with E-state index in [1.807, 2.05) is 0 Å². The van der Waals surface area contributed by atoms with Crippen molar-refractivity contribution in [2.75, 3.05) is 5.75 Å². The van der Waals surface area contributed by atoms with Crippen LogP contribution in [0, 0.1) is 0 Å². The van der Waals surface area contributed by atoms with Crippen LogP contribution < -0.4 is 5.84 Å². The number of carbonyl (C=O) groups is 1. The van der Waals surface area contributed by atoms with Gasteiger partial charge in [0.2, 0.25) is 0 Å². The van der Waals surface area contributed by atoms with Crippen molar-refractivity contribution in [2.45, 2.75) is 0 Å². The predicted octanol–water partition coefficient (Wildman–Crippen LogP) is 1.32. The number of hydrogen-bond acceptors (Lipinski definition) is 4. The van der Waals surface area contributed by atoms with Gasteiger partial charge in [-0.3, -0.25) is 0 Å². The Balaban J connectivity index is 3.30. The molecule has 58 valence electrons. The van der Waals surface area contributed by atoms with Crippen molar-refractivity contribution in [1.29, 1.82) is 0 Å². The number of rotatable bonds is 4. The Morgan fingerprint density at radius 3 is 2.90 bits per heavy atom. The van der Waals surface area contributed by atoms with Gasteiger partial charge in [-0.2, -0.15) is 4.41 Å². The lowest BCUT2D eigenvalue weighted by Gasteiger charge is -2.07. The van der Waals surface area contributed by atoms with Crippen LogP contribution in [0.2, 0.25) is 0 Å². The first-order valence-corrected chi connectivity index (χ1v) is 4.64. The molecule has 0 aromatic carbocycles. The van der Waals surface area contributed by atoms with Gasteiger partial charge in [-0.05, 0) is 0 Å². The van der Waals surface area contributed by atoms with Gasteiger partial charge in [0.15, 0.2) is 0 Å². The van der Waals surface area contributed by atoms with Crippen molar-refractivity contribution < 1.29 is 9.90 Å². The molecule has 1 amide bonds. The summed E-state index contributed by atoms with van der Waals surface area (Å²) in [6.07, 6.45) is 0.523.